The van der Waals surface area contributed by atoms with E-state index >= 15 is 0 Å². The number of benzene rings is 1. The van der Waals surface area contributed by atoms with Crippen LogP contribution in [0.2, 0.25) is 0 Å². The van der Waals surface area contributed by atoms with Crippen molar-refractivity contribution in [2.24, 2.45) is 0 Å². The lowest BCUT2D eigenvalue weighted by molar-refractivity contribution is -0.137. The summed E-state index contributed by atoms with van der Waals surface area (Å²) >= 11 is 1.51. The molecule has 1 aromatic heterocycles. The Balaban J connectivity index is 1.96. The van der Waals surface area contributed by atoms with E-state index in [1.54, 1.807) is 7.05 Å². The van der Waals surface area contributed by atoms with Crippen molar-refractivity contribution in [3.8, 4) is 0 Å². The zero-order valence-corrected chi connectivity index (χ0v) is 12.2. The SMILES string of the molecule is CN(Cc1ccc(C(F)(F)F)cc1)C(=O)Cc1cccs1. The van der Waals surface area contributed by atoms with E-state index in [1.165, 1.54) is 28.4 Å². The lowest BCUT2D eigenvalue weighted by Gasteiger charge is -2.17. The van der Waals surface area contributed by atoms with Gasteiger partial charge in [0.15, 0.2) is 0 Å². The molecule has 1 heterocycles. The van der Waals surface area contributed by atoms with Crippen molar-refractivity contribution < 1.29 is 18.0 Å². The zero-order chi connectivity index (χ0) is 15.5. The first-order valence-electron chi connectivity index (χ1n) is 6.29. The predicted molar refractivity (Wildman–Crippen MR) is 75.9 cm³/mol. The van der Waals surface area contributed by atoms with Crippen molar-refractivity contribution in [2.75, 3.05) is 7.05 Å². The normalized spacial score (nSPS) is 11.4. The van der Waals surface area contributed by atoms with E-state index in [9.17, 15) is 18.0 Å². The average Bonchev–Trinajstić information content (AvgIpc) is 2.91. The smallest absolute Gasteiger partial charge is 0.341 e. The van der Waals surface area contributed by atoms with Gasteiger partial charge in [0.25, 0.3) is 0 Å². The van der Waals surface area contributed by atoms with Crippen molar-refractivity contribution >= 4 is 17.2 Å². The van der Waals surface area contributed by atoms with Crippen molar-refractivity contribution in [3.63, 3.8) is 0 Å². The molecule has 0 atom stereocenters. The Morgan fingerprint density at radius 3 is 2.38 bits per heavy atom. The lowest BCUT2D eigenvalue weighted by Crippen LogP contribution is -2.27. The van der Waals surface area contributed by atoms with Crippen LogP contribution in [0.25, 0.3) is 0 Å². The van der Waals surface area contributed by atoms with Gasteiger partial charge in [-0.25, -0.2) is 0 Å². The lowest BCUT2D eigenvalue weighted by atomic mass is 10.1. The highest BCUT2D eigenvalue weighted by Crippen LogP contribution is 2.29. The van der Waals surface area contributed by atoms with E-state index in [1.807, 2.05) is 17.5 Å². The molecule has 0 aliphatic carbocycles. The van der Waals surface area contributed by atoms with Crippen LogP contribution in [0.1, 0.15) is 16.0 Å². The van der Waals surface area contributed by atoms with Crippen molar-refractivity contribution in [1.29, 1.82) is 0 Å². The molecule has 2 aromatic rings. The second-order valence-corrected chi connectivity index (χ2v) is 5.73. The molecule has 0 radical (unpaired) electrons. The Kier molecular flexibility index (Phi) is 4.67. The number of likely N-dealkylation sites (N-methyl/N-ethyl adjacent to an activating group) is 1. The van der Waals surface area contributed by atoms with Crippen LogP contribution < -0.4 is 0 Å². The molecule has 0 N–H and O–H groups in total. The highest BCUT2D eigenvalue weighted by Gasteiger charge is 2.29. The summed E-state index contributed by atoms with van der Waals surface area (Å²) < 4.78 is 37.4. The fourth-order valence-electron chi connectivity index (χ4n) is 1.86. The molecule has 112 valence electrons. The molecule has 21 heavy (non-hydrogen) atoms. The van der Waals surface area contributed by atoms with Crippen molar-refractivity contribution in [3.05, 3.63) is 57.8 Å². The van der Waals surface area contributed by atoms with Gasteiger partial charge >= 0.3 is 6.18 Å². The Morgan fingerprint density at radius 1 is 1.19 bits per heavy atom. The van der Waals surface area contributed by atoms with Gasteiger partial charge in [-0.1, -0.05) is 18.2 Å². The Labute approximate surface area is 124 Å². The van der Waals surface area contributed by atoms with E-state index in [0.29, 0.717) is 18.5 Å². The second kappa shape index (κ2) is 6.30. The Hall–Kier alpha value is -1.82. The summed E-state index contributed by atoms with van der Waals surface area (Å²) in [4.78, 5) is 14.5. The van der Waals surface area contributed by atoms with Gasteiger partial charge in [0.1, 0.15) is 0 Å². The number of alkyl halides is 3. The first-order valence-corrected chi connectivity index (χ1v) is 7.16. The van der Waals surface area contributed by atoms with Crippen LogP contribution in [-0.4, -0.2) is 17.9 Å². The van der Waals surface area contributed by atoms with Gasteiger partial charge in [-0.2, -0.15) is 13.2 Å². The molecule has 0 bridgehead atoms. The third kappa shape index (κ3) is 4.32. The molecule has 2 nitrogen and oxygen atoms in total. The minimum Gasteiger partial charge on any atom is -0.341 e. The predicted octanol–water partition coefficient (Wildman–Crippen LogP) is 3.97. The molecule has 6 heteroatoms. The topological polar surface area (TPSA) is 20.3 Å². The highest BCUT2D eigenvalue weighted by atomic mass is 32.1. The van der Waals surface area contributed by atoms with Crippen LogP contribution in [0.5, 0.6) is 0 Å². The monoisotopic (exact) mass is 313 g/mol. The van der Waals surface area contributed by atoms with E-state index in [2.05, 4.69) is 0 Å². The van der Waals surface area contributed by atoms with Gasteiger partial charge in [0, 0.05) is 18.5 Å². The summed E-state index contributed by atoms with van der Waals surface area (Å²) in [5.74, 6) is -0.0580. The molecule has 1 amide bonds. The van der Waals surface area contributed by atoms with Gasteiger partial charge in [0.05, 0.1) is 12.0 Å². The molecule has 0 fully saturated rings. The van der Waals surface area contributed by atoms with Crippen LogP contribution in [0.4, 0.5) is 13.2 Å². The summed E-state index contributed by atoms with van der Waals surface area (Å²) in [5.41, 5.74) is -0.0103. The van der Waals surface area contributed by atoms with Crippen molar-refractivity contribution in [1.82, 2.24) is 4.90 Å². The van der Waals surface area contributed by atoms with E-state index in [-0.39, 0.29) is 5.91 Å². The molecule has 0 aliphatic heterocycles. The third-order valence-electron chi connectivity index (χ3n) is 3.03. The van der Waals surface area contributed by atoms with Crippen LogP contribution in [0.3, 0.4) is 0 Å². The van der Waals surface area contributed by atoms with E-state index in [4.69, 9.17) is 0 Å². The molecular weight excluding hydrogens is 299 g/mol. The van der Waals surface area contributed by atoms with E-state index < -0.39 is 11.7 Å². The van der Waals surface area contributed by atoms with Crippen LogP contribution in [-0.2, 0) is 23.9 Å². The van der Waals surface area contributed by atoms with Gasteiger partial charge < -0.3 is 4.90 Å². The maximum Gasteiger partial charge on any atom is 0.416 e. The van der Waals surface area contributed by atoms with Gasteiger partial charge in [-0.15, -0.1) is 11.3 Å². The molecule has 0 aliphatic rings. The molecular formula is C15H14F3NOS. The van der Waals surface area contributed by atoms with Crippen molar-refractivity contribution in [2.45, 2.75) is 19.1 Å². The minimum absolute atomic E-state index is 0.0580. The zero-order valence-electron chi connectivity index (χ0n) is 11.4. The average molecular weight is 313 g/mol. The largest absolute Gasteiger partial charge is 0.416 e. The summed E-state index contributed by atoms with van der Waals surface area (Å²) in [6.45, 7) is 0.294. The number of halogens is 3. The molecule has 0 saturated heterocycles. The summed E-state index contributed by atoms with van der Waals surface area (Å²) in [6.07, 6.45) is -4.02. The molecule has 2 rings (SSSR count). The Bertz CT molecular complexity index is 590. The second-order valence-electron chi connectivity index (χ2n) is 4.70. The fourth-order valence-corrected chi connectivity index (χ4v) is 2.55. The van der Waals surface area contributed by atoms with Crippen LogP contribution in [0, 0.1) is 0 Å². The molecule has 0 saturated carbocycles. The Morgan fingerprint density at radius 2 is 1.86 bits per heavy atom. The number of carbonyl (C=O) groups excluding carboxylic acids is 1. The number of hydrogen-bond acceptors (Lipinski definition) is 2. The number of amides is 1. The number of rotatable bonds is 4. The minimum atomic E-state index is -4.33. The quantitative estimate of drug-likeness (QED) is 0.836. The maximum absolute atomic E-state index is 12.5. The van der Waals surface area contributed by atoms with Gasteiger partial charge in [-0.05, 0) is 29.1 Å². The highest BCUT2D eigenvalue weighted by molar-refractivity contribution is 7.10. The van der Waals surface area contributed by atoms with Gasteiger partial charge in [-0.3, -0.25) is 4.79 Å². The van der Waals surface area contributed by atoms with E-state index in [0.717, 1.165) is 17.0 Å². The summed E-state index contributed by atoms with van der Waals surface area (Å²) in [5, 5.41) is 1.90. The molecule has 0 unspecified atom stereocenters. The maximum atomic E-state index is 12.5. The standard InChI is InChI=1S/C15H14F3NOS/c1-19(14(20)9-13-3-2-8-21-13)10-11-4-6-12(7-5-11)15(16,17)18/h2-8H,9-10H2,1H3. The van der Waals surface area contributed by atoms with Crippen LogP contribution >= 0.6 is 11.3 Å². The number of thiophene rings is 1. The number of hydrogen-bond donors (Lipinski definition) is 0. The number of nitrogens with zero attached hydrogens (tertiary/aromatic N) is 1. The van der Waals surface area contributed by atoms with Gasteiger partial charge in [0.2, 0.25) is 5.91 Å². The summed E-state index contributed by atoms with van der Waals surface area (Å²) in [7, 11) is 1.65. The first-order chi connectivity index (χ1) is 9.86. The molecule has 1 aromatic carbocycles. The van der Waals surface area contributed by atoms with Crippen LogP contribution in [0.15, 0.2) is 41.8 Å². The number of carbonyl (C=O) groups is 1. The summed E-state index contributed by atoms with van der Waals surface area (Å²) in [6, 6.07) is 8.63. The molecule has 0 spiro atoms. The third-order valence-corrected chi connectivity index (χ3v) is 3.91. The first kappa shape index (κ1) is 15.6. The fraction of sp³-hybridized carbons (Fsp3) is 0.267.